The van der Waals surface area contributed by atoms with Crippen LogP contribution in [0.1, 0.15) is 37.0 Å². The van der Waals surface area contributed by atoms with Crippen molar-refractivity contribution >= 4 is 41.3 Å². The lowest BCUT2D eigenvalue weighted by atomic mass is 10.0. The molecule has 0 spiro atoms. The summed E-state index contributed by atoms with van der Waals surface area (Å²) in [6, 6.07) is 1.86. The first kappa shape index (κ1) is 24.3. The number of ether oxygens (including phenoxy) is 1. The van der Waals surface area contributed by atoms with Crippen LogP contribution in [0.5, 0.6) is 0 Å². The van der Waals surface area contributed by atoms with Gasteiger partial charge in [-0.15, -0.1) is 11.8 Å². The molecule has 0 aliphatic rings. The van der Waals surface area contributed by atoms with Crippen molar-refractivity contribution in [3.05, 3.63) is 23.9 Å². The van der Waals surface area contributed by atoms with E-state index in [0.717, 1.165) is 0 Å². The predicted octanol–water partition coefficient (Wildman–Crippen LogP) is 2.36. The van der Waals surface area contributed by atoms with E-state index in [-0.39, 0.29) is 11.8 Å². The van der Waals surface area contributed by atoms with Crippen molar-refractivity contribution in [3.63, 3.8) is 0 Å². The Bertz CT molecular complexity index is 670. The van der Waals surface area contributed by atoms with Crippen molar-refractivity contribution < 1.29 is 19.1 Å². The Hall–Kier alpha value is -1.74. The molecule has 28 heavy (non-hydrogen) atoms. The van der Waals surface area contributed by atoms with E-state index in [9.17, 15) is 14.4 Å². The lowest BCUT2D eigenvalue weighted by molar-refractivity contribution is -0.145. The molecule has 0 bridgehead atoms. The van der Waals surface area contributed by atoms with E-state index < -0.39 is 24.0 Å². The fourth-order valence-corrected chi connectivity index (χ4v) is 3.58. The lowest BCUT2D eigenvalue weighted by Gasteiger charge is -2.23. The number of nitrogens with one attached hydrogen (secondary N) is 2. The van der Waals surface area contributed by atoms with Gasteiger partial charge in [0, 0.05) is 6.20 Å². The van der Waals surface area contributed by atoms with E-state index in [0.29, 0.717) is 29.2 Å². The highest BCUT2D eigenvalue weighted by Gasteiger charge is 2.28. The molecule has 1 heterocycles. The third kappa shape index (κ3) is 7.71. The monoisotopic (exact) mass is 427 g/mol. The van der Waals surface area contributed by atoms with Gasteiger partial charge in [0.1, 0.15) is 17.1 Å². The summed E-state index contributed by atoms with van der Waals surface area (Å²) in [6.07, 6.45) is 6.29. The van der Waals surface area contributed by atoms with Crippen molar-refractivity contribution in [2.45, 2.75) is 43.8 Å². The zero-order valence-corrected chi connectivity index (χ0v) is 18.6. The van der Waals surface area contributed by atoms with Gasteiger partial charge in [-0.2, -0.15) is 11.8 Å². The maximum atomic E-state index is 12.8. The number of hydrogen-bond donors (Lipinski definition) is 2. The molecule has 2 amide bonds. The van der Waals surface area contributed by atoms with Gasteiger partial charge in [-0.25, -0.2) is 9.78 Å². The number of rotatable bonds is 11. The highest BCUT2D eigenvalue weighted by molar-refractivity contribution is 7.98. The first-order valence-corrected chi connectivity index (χ1v) is 11.6. The van der Waals surface area contributed by atoms with Crippen LogP contribution >= 0.6 is 23.5 Å². The fraction of sp³-hybridized carbons (Fsp3) is 0.579. The highest BCUT2D eigenvalue weighted by Crippen LogP contribution is 2.17. The standard InChI is InChI=1S/C19H29N3O4S2/c1-12(2)11-15(17(24)21-14(8-10-27-4)19(25)26-3)22-16(23)13-7-6-9-20-18(13)28-5/h6-7,9,12,14-15H,8,10-11H2,1-5H3,(H,21,24)(H,22,23)/t14-,15+/m0/s1. The molecule has 0 aliphatic heterocycles. The molecule has 0 saturated carbocycles. The van der Waals surface area contributed by atoms with Gasteiger partial charge < -0.3 is 15.4 Å². The van der Waals surface area contributed by atoms with Gasteiger partial charge in [0.15, 0.2) is 0 Å². The van der Waals surface area contributed by atoms with Crippen LogP contribution in [0, 0.1) is 5.92 Å². The van der Waals surface area contributed by atoms with Crippen LogP contribution in [-0.2, 0) is 14.3 Å². The van der Waals surface area contributed by atoms with E-state index in [1.54, 1.807) is 30.1 Å². The molecule has 2 N–H and O–H groups in total. The molecular formula is C19H29N3O4S2. The van der Waals surface area contributed by atoms with Gasteiger partial charge in [-0.3, -0.25) is 9.59 Å². The van der Waals surface area contributed by atoms with E-state index in [4.69, 9.17) is 4.74 Å². The molecule has 0 radical (unpaired) electrons. The topological polar surface area (TPSA) is 97.4 Å². The average Bonchev–Trinajstić information content (AvgIpc) is 2.69. The number of pyridine rings is 1. The Balaban J connectivity index is 2.94. The number of nitrogens with zero attached hydrogens (tertiary/aromatic N) is 1. The molecule has 0 saturated heterocycles. The number of amides is 2. The maximum absolute atomic E-state index is 12.8. The number of aromatic nitrogens is 1. The van der Waals surface area contributed by atoms with Crippen LogP contribution in [0.25, 0.3) is 0 Å². The van der Waals surface area contributed by atoms with Crippen LogP contribution in [0.2, 0.25) is 0 Å². The summed E-state index contributed by atoms with van der Waals surface area (Å²) in [6.45, 7) is 3.94. The van der Waals surface area contributed by atoms with E-state index in [2.05, 4.69) is 15.6 Å². The Kier molecular flexibility index (Phi) is 11.0. The smallest absolute Gasteiger partial charge is 0.328 e. The summed E-state index contributed by atoms with van der Waals surface area (Å²) < 4.78 is 4.79. The number of carbonyl (C=O) groups is 3. The van der Waals surface area contributed by atoms with E-state index in [1.165, 1.54) is 18.9 Å². The zero-order chi connectivity index (χ0) is 21.1. The first-order valence-electron chi connectivity index (χ1n) is 9.01. The second-order valence-corrected chi connectivity index (χ2v) is 8.36. The van der Waals surface area contributed by atoms with Gasteiger partial charge in [0.25, 0.3) is 5.91 Å². The van der Waals surface area contributed by atoms with Crippen molar-refractivity contribution in [3.8, 4) is 0 Å². The van der Waals surface area contributed by atoms with Crippen LogP contribution in [0.3, 0.4) is 0 Å². The number of hydrogen-bond acceptors (Lipinski definition) is 7. The third-order valence-electron chi connectivity index (χ3n) is 3.95. The van der Waals surface area contributed by atoms with Crippen molar-refractivity contribution in [2.24, 2.45) is 5.92 Å². The van der Waals surface area contributed by atoms with Crippen LogP contribution in [0.15, 0.2) is 23.4 Å². The Morgan fingerprint density at radius 1 is 1.18 bits per heavy atom. The van der Waals surface area contributed by atoms with Gasteiger partial charge in [-0.1, -0.05) is 13.8 Å². The largest absolute Gasteiger partial charge is 0.467 e. The molecule has 156 valence electrons. The predicted molar refractivity (Wildman–Crippen MR) is 114 cm³/mol. The Labute approximate surface area is 175 Å². The highest BCUT2D eigenvalue weighted by atomic mass is 32.2. The molecule has 0 unspecified atom stereocenters. The van der Waals surface area contributed by atoms with Crippen LogP contribution < -0.4 is 10.6 Å². The third-order valence-corrected chi connectivity index (χ3v) is 5.31. The summed E-state index contributed by atoms with van der Waals surface area (Å²) in [5.74, 6) is -0.375. The molecule has 0 aliphatic carbocycles. The number of methoxy groups -OCH3 is 1. The minimum Gasteiger partial charge on any atom is -0.467 e. The second kappa shape index (κ2) is 12.7. The normalized spacial score (nSPS) is 12.9. The number of thioether (sulfide) groups is 2. The van der Waals surface area contributed by atoms with E-state index >= 15 is 0 Å². The maximum Gasteiger partial charge on any atom is 0.328 e. The van der Waals surface area contributed by atoms with Gasteiger partial charge in [0.05, 0.1) is 12.7 Å². The van der Waals surface area contributed by atoms with Crippen molar-refractivity contribution in [2.75, 3.05) is 25.4 Å². The van der Waals surface area contributed by atoms with Gasteiger partial charge in [-0.05, 0) is 49.2 Å². The molecule has 0 aromatic carbocycles. The Morgan fingerprint density at radius 3 is 2.46 bits per heavy atom. The van der Waals surface area contributed by atoms with Crippen LogP contribution in [-0.4, -0.2) is 60.2 Å². The molecule has 9 heteroatoms. The minimum absolute atomic E-state index is 0.174. The first-order chi connectivity index (χ1) is 13.3. The van der Waals surface area contributed by atoms with Gasteiger partial charge >= 0.3 is 5.97 Å². The molecule has 0 fully saturated rings. The van der Waals surface area contributed by atoms with Crippen LogP contribution in [0.4, 0.5) is 0 Å². The van der Waals surface area contributed by atoms with Crippen molar-refractivity contribution in [1.29, 1.82) is 0 Å². The summed E-state index contributed by atoms with van der Waals surface area (Å²) in [4.78, 5) is 41.7. The number of carbonyl (C=O) groups excluding carboxylic acids is 3. The fourth-order valence-electron chi connectivity index (χ4n) is 2.56. The summed E-state index contributed by atoms with van der Waals surface area (Å²) >= 11 is 2.94. The van der Waals surface area contributed by atoms with Crippen molar-refractivity contribution in [1.82, 2.24) is 15.6 Å². The minimum atomic E-state index is -0.760. The number of esters is 1. The summed E-state index contributed by atoms with van der Waals surface area (Å²) in [5, 5.41) is 6.12. The molecule has 1 rings (SSSR count). The zero-order valence-electron chi connectivity index (χ0n) is 17.0. The lowest BCUT2D eigenvalue weighted by Crippen LogP contribution is -2.52. The molecule has 1 aromatic heterocycles. The molecule has 7 nitrogen and oxygen atoms in total. The molecule has 1 aromatic rings. The summed E-state index contributed by atoms with van der Waals surface area (Å²) in [5.41, 5.74) is 0.420. The quantitative estimate of drug-likeness (QED) is 0.413. The van der Waals surface area contributed by atoms with E-state index in [1.807, 2.05) is 26.4 Å². The second-order valence-electron chi connectivity index (χ2n) is 6.58. The molecule has 2 atom stereocenters. The average molecular weight is 428 g/mol. The summed E-state index contributed by atoms with van der Waals surface area (Å²) in [7, 11) is 1.29. The molecular weight excluding hydrogens is 398 g/mol. The Morgan fingerprint density at radius 2 is 1.89 bits per heavy atom. The SMILES string of the molecule is COC(=O)[C@H](CCSC)NC(=O)[C@@H](CC(C)C)NC(=O)c1cccnc1SC. The van der Waals surface area contributed by atoms with Gasteiger partial charge in [0.2, 0.25) is 5.91 Å².